The average molecular weight is 264 g/mol. The molecule has 0 saturated heterocycles. The standard InChI is InChI=1S/C13H13FN2OS/c1-2-11-12(18-8-16-11)13(17)15-7-9-3-5-10(14)6-4-9/h3-6,8H,2,7H2,1H3,(H,15,17). The van der Waals surface area contributed by atoms with Gasteiger partial charge in [0, 0.05) is 6.54 Å². The molecule has 1 aromatic carbocycles. The third kappa shape index (κ3) is 2.92. The maximum Gasteiger partial charge on any atom is 0.263 e. The maximum atomic E-state index is 12.7. The number of amides is 1. The van der Waals surface area contributed by atoms with E-state index in [1.165, 1.54) is 23.5 Å². The smallest absolute Gasteiger partial charge is 0.263 e. The van der Waals surface area contributed by atoms with Gasteiger partial charge in [0.15, 0.2) is 0 Å². The van der Waals surface area contributed by atoms with Gasteiger partial charge in [0.25, 0.3) is 5.91 Å². The molecule has 0 unspecified atom stereocenters. The Balaban J connectivity index is 1.98. The van der Waals surface area contributed by atoms with Gasteiger partial charge in [0.1, 0.15) is 10.7 Å². The normalized spacial score (nSPS) is 10.3. The molecule has 0 aliphatic carbocycles. The summed E-state index contributed by atoms with van der Waals surface area (Å²) in [6, 6.07) is 6.07. The molecule has 1 amide bonds. The van der Waals surface area contributed by atoms with Crippen molar-refractivity contribution in [3.63, 3.8) is 0 Å². The summed E-state index contributed by atoms with van der Waals surface area (Å²) in [4.78, 5) is 16.7. The topological polar surface area (TPSA) is 42.0 Å². The molecular formula is C13H13FN2OS. The number of benzene rings is 1. The van der Waals surface area contributed by atoms with E-state index in [2.05, 4.69) is 10.3 Å². The predicted octanol–water partition coefficient (Wildman–Crippen LogP) is 2.77. The van der Waals surface area contributed by atoms with Crippen LogP contribution in [0.5, 0.6) is 0 Å². The van der Waals surface area contributed by atoms with Crippen molar-refractivity contribution in [1.82, 2.24) is 10.3 Å². The highest BCUT2D eigenvalue weighted by Gasteiger charge is 2.12. The number of thiazole rings is 1. The lowest BCUT2D eigenvalue weighted by Gasteiger charge is -2.04. The SMILES string of the molecule is CCc1ncsc1C(=O)NCc1ccc(F)cc1. The highest BCUT2D eigenvalue weighted by Crippen LogP contribution is 2.13. The second kappa shape index (κ2) is 5.73. The average Bonchev–Trinajstić information content (AvgIpc) is 2.86. The summed E-state index contributed by atoms with van der Waals surface area (Å²) in [5.74, 6) is -0.403. The minimum atomic E-state index is -0.277. The van der Waals surface area contributed by atoms with E-state index in [4.69, 9.17) is 0 Å². The van der Waals surface area contributed by atoms with E-state index in [1.54, 1.807) is 17.6 Å². The van der Waals surface area contributed by atoms with Crippen LogP contribution in [0.25, 0.3) is 0 Å². The molecule has 94 valence electrons. The van der Waals surface area contributed by atoms with Crippen LogP contribution < -0.4 is 5.32 Å². The third-order valence-corrected chi connectivity index (χ3v) is 3.42. The van der Waals surface area contributed by atoms with Crippen molar-refractivity contribution in [2.75, 3.05) is 0 Å². The summed E-state index contributed by atoms with van der Waals surface area (Å²) in [5, 5.41) is 2.80. The summed E-state index contributed by atoms with van der Waals surface area (Å²) in [7, 11) is 0. The van der Waals surface area contributed by atoms with Gasteiger partial charge in [-0.1, -0.05) is 19.1 Å². The van der Waals surface area contributed by atoms with Crippen molar-refractivity contribution in [3.05, 3.63) is 51.7 Å². The van der Waals surface area contributed by atoms with E-state index in [9.17, 15) is 9.18 Å². The van der Waals surface area contributed by atoms with Gasteiger partial charge < -0.3 is 5.32 Å². The molecule has 0 aliphatic rings. The molecule has 1 heterocycles. The maximum absolute atomic E-state index is 12.7. The molecule has 0 atom stereocenters. The van der Waals surface area contributed by atoms with Crippen LogP contribution in [-0.4, -0.2) is 10.9 Å². The Bertz CT molecular complexity index is 536. The van der Waals surface area contributed by atoms with Gasteiger partial charge in [-0.3, -0.25) is 4.79 Å². The van der Waals surface area contributed by atoms with Crippen LogP contribution in [0.4, 0.5) is 4.39 Å². The highest BCUT2D eigenvalue weighted by molar-refractivity contribution is 7.11. The van der Waals surface area contributed by atoms with Crippen molar-refractivity contribution >= 4 is 17.2 Å². The Morgan fingerprint density at radius 1 is 1.39 bits per heavy atom. The van der Waals surface area contributed by atoms with Crippen molar-refractivity contribution in [2.24, 2.45) is 0 Å². The number of carbonyl (C=O) groups is 1. The number of hydrogen-bond donors (Lipinski definition) is 1. The predicted molar refractivity (Wildman–Crippen MR) is 69.1 cm³/mol. The van der Waals surface area contributed by atoms with Crippen LogP contribution in [0, 0.1) is 5.82 Å². The van der Waals surface area contributed by atoms with Crippen molar-refractivity contribution < 1.29 is 9.18 Å². The van der Waals surface area contributed by atoms with Crippen LogP contribution in [0.1, 0.15) is 27.9 Å². The van der Waals surface area contributed by atoms with E-state index in [0.29, 0.717) is 11.4 Å². The summed E-state index contributed by atoms with van der Waals surface area (Å²) in [6.07, 6.45) is 0.739. The zero-order valence-electron chi connectivity index (χ0n) is 9.94. The first-order valence-corrected chi connectivity index (χ1v) is 6.53. The Kier molecular flexibility index (Phi) is 4.04. The molecule has 0 saturated carbocycles. The highest BCUT2D eigenvalue weighted by atomic mass is 32.1. The number of aromatic nitrogens is 1. The van der Waals surface area contributed by atoms with Crippen LogP contribution in [0.2, 0.25) is 0 Å². The quantitative estimate of drug-likeness (QED) is 0.922. The minimum absolute atomic E-state index is 0.126. The number of nitrogens with zero attached hydrogens (tertiary/aromatic N) is 1. The molecule has 0 bridgehead atoms. The van der Waals surface area contributed by atoms with Crippen molar-refractivity contribution in [1.29, 1.82) is 0 Å². The van der Waals surface area contributed by atoms with Crippen LogP contribution >= 0.6 is 11.3 Å². The van der Waals surface area contributed by atoms with E-state index in [-0.39, 0.29) is 11.7 Å². The van der Waals surface area contributed by atoms with Crippen LogP contribution in [-0.2, 0) is 13.0 Å². The third-order valence-electron chi connectivity index (χ3n) is 2.55. The molecule has 1 aromatic heterocycles. The molecule has 18 heavy (non-hydrogen) atoms. The summed E-state index contributed by atoms with van der Waals surface area (Å²) < 4.78 is 12.7. The number of halogens is 1. The summed E-state index contributed by atoms with van der Waals surface area (Å²) in [6.45, 7) is 2.35. The van der Waals surface area contributed by atoms with Gasteiger partial charge in [0.05, 0.1) is 11.2 Å². The monoisotopic (exact) mass is 264 g/mol. The van der Waals surface area contributed by atoms with Gasteiger partial charge in [-0.2, -0.15) is 0 Å². The lowest BCUT2D eigenvalue weighted by atomic mass is 10.2. The second-order valence-corrected chi connectivity index (χ2v) is 4.65. The molecule has 0 aliphatic heterocycles. The molecule has 0 spiro atoms. The lowest BCUT2D eigenvalue weighted by Crippen LogP contribution is -2.22. The minimum Gasteiger partial charge on any atom is -0.347 e. The van der Waals surface area contributed by atoms with Gasteiger partial charge in [0.2, 0.25) is 0 Å². The molecule has 1 N–H and O–H groups in total. The van der Waals surface area contributed by atoms with E-state index < -0.39 is 0 Å². The van der Waals surface area contributed by atoms with Gasteiger partial charge in [-0.05, 0) is 24.1 Å². The van der Waals surface area contributed by atoms with Crippen molar-refractivity contribution in [3.8, 4) is 0 Å². The fourth-order valence-electron chi connectivity index (χ4n) is 1.57. The number of hydrogen-bond acceptors (Lipinski definition) is 3. The zero-order valence-corrected chi connectivity index (χ0v) is 10.8. The molecule has 2 aromatic rings. The summed E-state index contributed by atoms with van der Waals surface area (Å²) >= 11 is 1.34. The first-order chi connectivity index (χ1) is 8.70. The fourth-order valence-corrected chi connectivity index (χ4v) is 2.37. The zero-order chi connectivity index (χ0) is 13.0. The van der Waals surface area contributed by atoms with Gasteiger partial charge in [-0.15, -0.1) is 11.3 Å². The molecule has 2 rings (SSSR count). The Morgan fingerprint density at radius 3 is 2.78 bits per heavy atom. The molecule has 0 fully saturated rings. The largest absolute Gasteiger partial charge is 0.347 e. The Morgan fingerprint density at radius 2 is 2.11 bits per heavy atom. The van der Waals surface area contributed by atoms with Crippen LogP contribution in [0.3, 0.4) is 0 Å². The lowest BCUT2D eigenvalue weighted by molar-refractivity contribution is 0.0954. The van der Waals surface area contributed by atoms with E-state index in [1.807, 2.05) is 6.92 Å². The fraction of sp³-hybridized carbons (Fsp3) is 0.231. The molecule has 0 radical (unpaired) electrons. The molecule has 3 nitrogen and oxygen atoms in total. The first-order valence-electron chi connectivity index (χ1n) is 5.65. The number of nitrogens with one attached hydrogen (secondary N) is 1. The number of aryl methyl sites for hydroxylation is 1. The number of carbonyl (C=O) groups excluding carboxylic acids is 1. The van der Waals surface area contributed by atoms with Gasteiger partial charge in [-0.25, -0.2) is 9.37 Å². The second-order valence-electron chi connectivity index (χ2n) is 3.79. The number of rotatable bonds is 4. The first kappa shape index (κ1) is 12.7. The van der Waals surface area contributed by atoms with Crippen LogP contribution in [0.15, 0.2) is 29.8 Å². The Hall–Kier alpha value is -1.75. The Labute approximate surface area is 109 Å². The van der Waals surface area contributed by atoms with Crippen molar-refractivity contribution in [2.45, 2.75) is 19.9 Å². The summed E-state index contributed by atoms with van der Waals surface area (Å²) in [5.41, 5.74) is 3.36. The molecule has 5 heteroatoms. The van der Waals surface area contributed by atoms with E-state index >= 15 is 0 Å². The van der Waals surface area contributed by atoms with Gasteiger partial charge >= 0.3 is 0 Å². The molecular weight excluding hydrogens is 251 g/mol. The van der Waals surface area contributed by atoms with E-state index in [0.717, 1.165) is 17.7 Å².